The molecule has 0 bridgehead atoms. The molecule has 8 heteroatoms. The van der Waals surface area contributed by atoms with Crippen LogP contribution in [0.15, 0.2) is 84.4 Å². The Balaban J connectivity index is 1.37. The molecule has 2 saturated heterocycles. The number of aliphatic hydroxyl groups is 1. The van der Waals surface area contributed by atoms with Gasteiger partial charge in [-0.1, -0.05) is 62.2 Å². The predicted octanol–water partition coefficient (Wildman–Crippen LogP) is 5.98. The van der Waals surface area contributed by atoms with Gasteiger partial charge in [0.2, 0.25) is 0 Å². The highest BCUT2D eigenvalue weighted by molar-refractivity contribution is 6.46. The number of nitrogens with zero attached hydrogens (tertiary/aromatic N) is 2. The van der Waals surface area contributed by atoms with Gasteiger partial charge in [-0.15, -0.1) is 0 Å². The molecule has 8 nitrogen and oxygen atoms in total. The molecule has 0 aliphatic carbocycles. The van der Waals surface area contributed by atoms with Crippen LogP contribution in [0.25, 0.3) is 5.76 Å². The lowest BCUT2D eigenvalue weighted by Gasteiger charge is -2.29. The van der Waals surface area contributed by atoms with E-state index in [9.17, 15) is 14.7 Å². The zero-order valence-electron chi connectivity index (χ0n) is 25.5. The maximum atomic E-state index is 13.5. The maximum absolute atomic E-state index is 13.5. The number of carbonyl (C=O) groups excluding carboxylic acids is 2. The van der Waals surface area contributed by atoms with Crippen molar-refractivity contribution in [3.63, 3.8) is 0 Å². The van der Waals surface area contributed by atoms with E-state index >= 15 is 0 Å². The van der Waals surface area contributed by atoms with Gasteiger partial charge < -0.3 is 24.2 Å². The molecule has 2 heterocycles. The van der Waals surface area contributed by atoms with Gasteiger partial charge in [0.25, 0.3) is 11.7 Å². The fourth-order valence-electron chi connectivity index (χ4n) is 5.64. The van der Waals surface area contributed by atoms with E-state index in [2.05, 4.69) is 11.8 Å². The van der Waals surface area contributed by atoms with Crippen LogP contribution in [0, 0.1) is 0 Å². The van der Waals surface area contributed by atoms with Gasteiger partial charge in [-0.2, -0.15) is 0 Å². The van der Waals surface area contributed by atoms with Crippen molar-refractivity contribution in [2.45, 2.75) is 45.3 Å². The number of aliphatic hydroxyl groups excluding tert-OH is 1. The van der Waals surface area contributed by atoms with Crippen molar-refractivity contribution < 1.29 is 28.9 Å². The fourth-order valence-corrected chi connectivity index (χ4v) is 5.64. The highest BCUT2D eigenvalue weighted by Gasteiger charge is 2.45. The van der Waals surface area contributed by atoms with E-state index in [4.69, 9.17) is 14.2 Å². The van der Waals surface area contributed by atoms with Crippen LogP contribution in [0.2, 0.25) is 0 Å². The van der Waals surface area contributed by atoms with Crippen LogP contribution >= 0.6 is 0 Å². The van der Waals surface area contributed by atoms with E-state index in [1.165, 1.54) is 0 Å². The molecule has 3 aromatic rings. The standard InChI is InChI=1S/C36H42N2O6/c1-2-3-7-23-43-30-15-11-28(12-16-30)33-32(35(40)36(41)38(33)20-8-19-37-21-24-42-25-22-37)34(39)29-13-17-31(18-14-29)44-26-27-9-5-4-6-10-27/h4-6,9-18,33,39H,2-3,7-8,19-26H2,1H3. The highest BCUT2D eigenvalue weighted by Crippen LogP contribution is 2.40. The summed E-state index contributed by atoms with van der Waals surface area (Å²) in [5, 5.41) is 11.5. The number of carbonyl (C=O) groups is 2. The lowest BCUT2D eigenvalue weighted by molar-refractivity contribution is -0.140. The van der Waals surface area contributed by atoms with E-state index < -0.39 is 17.7 Å². The van der Waals surface area contributed by atoms with Crippen LogP contribution in [-0.2, 0) is 20.9 Å². The monoisotopic (exact) mass is 598 g/mol. The van der Waals surface area contributed by atoms with Gasteiger partial charge in [0.1, 0.15) is 23.9 Å². The second-order valence-corrected chi connectivity index (χ2v) is 11.2. The first-order chi connectivity index (χ1) is 21.5. The highest BCUT2D eigenvalue weighted by atomic mass is 16.5. The van der Waals surface area contributed by atoms with Crippen LogP contribution in [0.5, 0.6) is 11.5 Å². The predicted molar refractivity (Wildman–Crippen MR) is 170 cm³/mol. The minimum Gasteiger partial charge on any atom is -0.507 e. The molecule has 0 saturated carbocycles. The van der Waals surface area contributed by atoms with Gasteiger partial charge in [0.15, 0.2) is 0 Å². The summed E-state index contributed by atoms with van der Waals surface area (Å²) in [6.07, 6.45) is 3.92. The summed E-state index contributed by atoms with van der Waals surface area (Å²) in [4.78, 5) is 30.8. The Morgan fingerprint density at radius 2 is 1.52 bits per heavy atom. The summed E-state index contributed by atoms with van der Waals surface area (Å²) >= 11 is 0. The molecular weight excluding hydrogens is 556 g/mol. The largest absolute Gasteiger partial charge is 0.507 e. The van der Waals surface area contributed by atoms with Crippen molar-refractivity contribution in [3.8, 4) is 11.5 Å². The molecule has 232 valence electrons. The SMILES string of the molecule is CCCCCOc1ccc(C2C(=C(O)c3ccc(OCc4ccccc4)cc3)C(=O)C(=O)N2CCCN2CCOCC2)cc1. The van der Waals surface area contributed by atoms with Crippen molar-refractivity contribution in [3.05, 3.63) is 101 Å². The second kappa shape index (κ2) is 15.5. The van der Waals surface area contributed by atoms with Crippen LogP contribution in [0.4, 0.5) is 0 Å². The number of hydrogen-bond acceptors (Lipinski definition) is 7. The average molecular weight is 599 g/mol. The molecule has 2 aliphatic heterocycles. The van der Waals surface area contributed by atoms with Crippen molar-refractivity contribution in [2.75, 3.05) is 46.0 Å². The van der Waals surface area contributed by atoms with Gasteiger partial charge in [-0.3, -0.25) is 14.5 Å². The summed E-state index contributed by atoms with van der Waals surface area (Å²) in [5.74, 6) is -0.0943. The Labute approximate surface area is 259 Å². The van der Waals surface area contributed by atoms with E-state index in [0.29, 0.717) is 50.7 Å². The molecule has 44 heavy (non-hydrogen) atoms. The van der Waals surface area contributed by atoms with Gasteiger partial charge >= 0.3 is 0 Å². The molecule has 1 atom stereocenters. The second-order valence-electron chi connectivity index (χ2n) is 11.2. The third-order valence-corrected chi connectivity index (χ3v) is 8.11. The van der Waals surface area contributed by atoms with Crippen molar-refractivity contribution in [1.29, 1.82) is 0 Å². The summed E-state index contributed by atoms with van der Waals surface area (Å²) in [7, 11) is 0. The molecule has 0 radical (unpaired) electrons. The quantitative estimate of drug-likeness (QED) is 0.106. The Kier molecular flexibility index (Phi) is 11.1. The molecule has 1 N–H and O–H groups in total. The number of unbranched alkanes of at least 4 members (excludes halogenated alkanes) is 2. The van der Waals surface area contributed by atoms with Crippen LogP contribution in [0.3, 0.4) is 0 Å². The third-order valence-electron chi connectivity index (χ3n) is 8.11. The molecule has 1 amide bonds. The number of morpholine rings is 1. The van der Waals surface area contributed by atoms with Crippen molar-refractivity contribution in [2.24, 2.45) is 0 Å². The van der Waals surface area contributed by atoms with Gasteiger partial charge in [0.05, 0.1) is 31.4 Å². The molecule has 2 aliphatic rings. The number of ether oxygens (including phenoxy) is 3. The smallest absolute Gasteiger partial charge is 0.295 e. The number of likely N-dealkylation sites (tertiary alicyclic amines) is 1. The number of hydrogen-bond donors (Lipinski definition) is 1. The Hall–Kier alpha value is -4.14. The first-order valence-electron chi connectivity index (χ1n) is 15.6. The summed E-state index contributed by atoms with van der Waals surface area (Å²) < 4.78 is 17.2. The van der Waals surface area contributed by atoms with Gasteiger partial charge in [-0.05, 0) is 60.4 Å². The van der Waals surface area contributed by atoms with Gasteiger partial charge in [-0.25, -0.2) is 0 Å². The Morgan fingerprint density at radius 3 is 2.23 bits per heavy atom. The summed E-state index contributed by atoms with van der Waals surface area (Å²) in [6.45, 7) is 7.51. The minimum absolute atomic E-state index is 0.0935. The normalized spacial score (nSPS) is 18.5. The first-order valence-corrected chi connectivity index (χ1v) is 15.6. The van der Waals surface area contributed by atoms with Crippen molar-refractivity contribution in [1.82, 2.24) is 9.80 Å². The number of ketones is 1. The zero-order valence-corrected chi connectivity index (χ0v) is 25.5. The molecule has 3 aromatic carbocycles. The lowest BCUT2D eigenvalue weighted by Crippen LogP contribution is -2.38. The summed E-state index contributed by atoms with van der Waals surface area (Å²) in [6, 6.07) is 23.6. The van der Waals surface area contributed by atoms with E-state index in [0.717, 1.165) is 55.8 Å². The number of rotatable bonds is 14. The summed E-state index contributed by atoms with van der Waals surface area (Å²) in [5.41, 5.74) is 2.34. The van der Waals surface area contributed by atoms with E-state index in [1.807, 2.05) is 54.6 Å². The Bertz CT molecular complexity index is 1400. The van der Waals surface area contributed by atoms with E-state index in [1.54, 1.807) is 29.2 Å². The minimum atomic E-state index is -0.706. The fraction of sp³-hybridized carbons (Fsp3) is 0.389. The third kappa shape index (κ3) is 7.87. The zero-order chi connectivity index (χ0) is 30.7. The molecule has 1 unspecified atom stereocenters. The van der Waals surface area contributed by atoms with Crippen LogP contribution in [0.1, 0.15) is 55.3 Å². The van der Waals surface area contributed by atoms with Gasteiger partial charge in [0, 0.05) is 31.7 Å². The van der Waals surface area contributed by atoms with Crippen LogP contribution in [-0.4, -0.2) is 72.6 Å². The number of benzene rings is 3. The molecular formula is C36H42N2O6. The van der Waals surface area contributed by atoms with Crippen molar-refractivity contribution >= 4 is 17.4 Å². The molecule has 5 rings (SSSR count). The average Bonchev–Trinajstić information content (AvgIpc) is 3.32. The van der Waals surface area contributed by atoms with E-state index in [-0.39, 0.29) is 11.3 Å². The molecule has 0 spiro atoms. The topological polar surface area (TPSA) is 88.5 Å². The molecule has 0 aromatic heterocycles. The Morgan fingerprint density at radius 1 is 0.841 bits per heavy atom. The number of Topliss-reactive ketones (excluding diaryl/α,β-unsaturated/α-hetero) is 1. The lowest BCUT2D eigenvalue weighted by atomic mass is 9.95. The first kappa shape index (κ1) is 31.3. The van der Waals surface area contributed by atoms with Crippen LogP contribution < -0.4 is 9.47 Å². The molecule has 2 fully saturated rings. The maximum Gasteiger partial charge on any atom is 0.295 e. The number of amides is 1.